The van der Waals surface area contributed by atoms with Crippen molar-refractivity contribution in [3.05, 3.63) is 54.6 Å². The molecule has 0 aliphatic heterocycles. The van der Waals surface area contributed by atoms with Gasteiger partial charge in [-0.2, -0.15) is 5.26 Å². The molecule has 5 heteroatoms. The minimum atomic E-state index is 0.640. The lowest BCUT2D eigenvalue weighted by Crippen LogP contribution is -2.10. The SMILES string of the molecule is N#Cc1cc(NCCn2ccnc2)nc2ccccc12. The van der Waals surface area contributed by atoms with E-state index >= 15 is 0 Å². The average molecular weight is 263 g/mol. The van der Waals surface area contributed by atoms with Gasteiger partial charge in [0.2, 0.25) is 0 Å². The summed E-state index contributed by atoms with van der Waals surface area (Å²) in [5.41, 5.74) is 1.47. The van der Waals surface area contributed by atoms with Crippen LogP contribution >= 0.6 is 0 Å². The summed E-state index contributed by atoms with van der Waals surface area (Å²) >= 11 is 0. The van der Waals surface area contributed by atoms with E-state index in [1.165, 1.54) is 0 Å². The smallest absolute Gasteiger partial charge is 0.128 e. The third-order valence-electron chi connectivity index (χ3n) is 3.07. The predicted molar refractivity (Wildman–Crippen MR) is 77.2 cm³/mol. The van der Waals surface area contributed by atoms with Crippen LogP contribution in [-0.4, -0.2) is 21.1 Å². The maximum Gasteiger partial charge on any atom is 0.128 e. The quantitative estimate of drug-likeness (QED) is 0.785. The lowest BCUT2D eigenvalue weighted by Gasteiger charge is -2.08. The first-order chi connectivity index (χ1) is 9.86. The molecule has 0 unspecified atom stereocenters. The second-order valence-electron chi connectivity index (χ2n) is 4.41. The van der Waals surface area contributed by atoms with E-state index in [0.717, 1.165) is 29.8 Å². The number of rotatable bonds is 4. The zero-order chi connectivity index (χ0) is 13.8. The summed E-state index contributed by atoms with van der Waals surface area (Å²) in [6.07, 6.45) is 5.44. The second kappa shape index (κ2) is 5.41. The molecule has 98 valence electrons. The topological polar surface area (TPSA) is 66.5 Å². The highest BCUT2D eigenvalue weighted by atomic mass is 15.1. The Morgan fingerprint density at radius 1 is 1.30 bits per heavy atom. The van der Waals surface area contributed by atoms with Crippen LogP contribution in [0.4, 0.5) is 5.82 Å². The van der Waals surface area contributed by atoms with Gasteiger partial charge in [-0.1, -0.05) is 18.2 Å². The maximum absolute atomic E-state index is 9.22. The van der Waals surface area contributed by atoms with E-state index in [0.29, 0.717) is 5.56 Å². The minimum absolute atomic E-state index is 0.640. The normalized spacial score (nSPS) is 10.3. The highest BCUT2D eigenvalue weighted by Gasteiger charge is 2.04. The van der Waals surface area contributed by atoms with E-state index in [2.05, 4.69) is 21.4 Å². The van der Waals surface area contributed by atoms with Crippen molar-refractivity contribution in [2.45, 2.75) is 6.54 Å². The monoisotopic (exact) mass is 263 g/mol. The van der Waals surface area contributed by atoms with Crippen LogP contribution in [0, 0.1) is 11.3 Å². The number of imidazole rings is 1. The van der Waals surface area contributed by atoms with E-state index in [9.17, 15) is 5.26 Å². The Balaban J connectivity index is 1.80. The molecule has 1 N–H and O–H groups in total. The van der Waals surface area contributed by atoms with Gasteiger partial charge in [-0.25, -0.2) is 9.97 Å². The van der Waals surface area contributed by atoms with Crippen molar-refractivity contribution in [1.82, 2.24) is 14.5 Å². The molecule has 2 heterocycles. The summed E-state index contributed by atoms with van der Waals surface area (Å²) in [6, 6.07) is 11.7. The summed E-state index contributed by atoms with van der Waals surface area (Å²) < 4.78 is 1.99. The number of hydrogen-bond donors (Lipinski definition) is 1. The van der Waals surface area contributed by atoms with Crippen LogP contribution in [0.5, 0.6) is 0 Å². The van der Waals surface area contributed by atoms with Crippen molar-refractivity contribution >= 4 is 16.7 Å². The molecular formula is C15H13N5. The van der Waals surface area contributed by atoms with Gasteiger partial charge < -0.3 is 9.88 Å². The number of nitrogens with zero attached hydrogens (tertiary/aromatic N) is 4. The van der Waals surface area contributed by atoms with Crippen LogP contribution in [0.25, 0.3) is 10.9 Å². The standard InChI is InChI=1S/C15H13N5/c16-10-12-9-15(18-6-8-20-7-5-17-11-20)19-14-4-2-1-3-13(12)14/h1-5,7,9,11H,6,8H2,(H,18,19). The average Bonchev–Trinajstić information content (AvgIpc) is 2.99. The fourth-order valence-corrected chi connectivity index (χ4v) is 2.09. The molecule has 0 saturated carbocycles. The Bertz CT molecular complexity index is 756. The fraction of sp³-hybridized carbons (Fsp3) is 0.133. The van der Waals surface area contributed by atoms with E-state index in [1.807, 2.05) is 35.0 Å². The Morgan fingerprint density at radius 3 is 3.00 bits per heavy atom. The maximum atomic E-state index is 9.22. The van der Waals surface area contributed by atoms with E-state index in [1.54, 1.807) is 18.6 Å². The number of hydrogen-bond acceptors (Lipinski definition) is 4. The molecule has 0 saturated heterocycles. The molecule has 0 amide bonds. The molecule has 20 heavy (non-hydrogen) atoms. The number of benzene rings is 1. The van der Waals surface area contributed by atoms with Crippen LogP contribution in [-0.2, 0) is 6.54 Å². The molecule has 2 aromatic heterocycles. The first-order valence-electron chi connectivity index (χ1n) is 6.36. The van der Waals surface area contributed by atoms with E-state index in [4.69, 9.17) is 0 Å². The molecule has 5 nitrogen and oxygen atoms in total. The third-order valence-corrected chi connectivity index (χ3v) is 3.07. The Morgan fingerprint density at radius 2 is 2.20 bits per heavy atom. The van der Waals surface area contributed by atoms with Crippen molar-refractivity contribution in [3.63, 3.8) is 0 Å². The van der Waals surface area contributed by atoms with Gasteiger partial charge in [0.1, 0.15) is 5.82 Å². The van der Waals surface area contributed by atoms with Gasteiger partial charge in [-0.05, 0) is 12.1 Å². The molecule has 0 atom stereocenters. The van der Waals surface area contributed by atoms with Crippen LogP contribution in [0.3, 0.4) is 0 Å². The van der Waals surface area contributed by atoms with Crippen molar-refractivity contribution in [1.29, 1.82) is 5.26 Å². The van der Waals surface area contributed by atoms with Crippen LogP contribution in [0.15, 0.2) is 49.1 Å². The Labute approximate surface area is 116 Å². The minimum Gasteiger partial charge on any atom is -0.368 e. The molecule has 1 aromatic carbocycles. The van der Waals surface area contributed by atoms with Gasteiger partial charge in [0.15, 0.2) is 0 Å². The van der Waals surface area contributed by atoms with Crippen molar-refractivity contribution in [2.24, 2.45) is 0 Å². The second-order valence-corrected chi connectivity index (χ2v) is 4.41. The number of aromatic nitrogens is 3. The predicted octanol–water partition coefficient (Wildman–Crippen LogP) is 2.42. The van der Waals surface area contributed by atoms with Gasteiger partial charge in [0, 0.05) is 30.9 Å². The number of nitrogens with one attached hydrogen (secondary N) is 1. The van der Waals surface area contributed by atoms with Crippen molar-refractivity contribution < 1.29 is 0 Å². The first-order valence-corrected chi connectivity index (χ1v) is 6.36. The molecule has 0 fully saturated rings. The molecule has 3 aromatic rings. The first kappa shape index (κ1) is 12.2. The zero-order valence-corrected chi connectivity index (χ0v) is 10.8. The summed E-state index contributed by atoms with van der Waals surface area (Å²) in [5, 5.41) is 13.3. The molecular weight excluding hydrogens is 250 g/mol. The number of anilines is 1. The summed E-state index contributed by atoms with van der Waals surface area (Å²) in [5.74, 6) is 0.723. The van der Waals surface area contributed by atoms with Crippen LogP contribution in [0.1, 0.15) is 5.56 Å². The Kier molecular flexibility index (Phi) is 3.29. The van der Waals surface area contributed by atoms with Gasteiger partial charge in [-0.3, -0.25) is 0 Å². The van der Waals surface area contributed by atoms with E-state index in [-0.39, 0.29) is 0 Å². The lowest BCUT2D eigenvalue weighted by molar-refractivity contribution is 0.725. The van der Waals surface area contributed by atoms with Crippen molar-refractivity contribution in [3.8, 4) is 6.07 Å². The highest BCUT2D eigenvalue weighted by molar-refractivity contribution is 5.86. The fourth-order valence-electron chi connectivity index (χ4n) is 2.09. The van der Waals surface area contributed by atoms with E-state index < -0.39 is 0 Å². The van der Waals surface area contributed by atoms with Crippen LogP contribution in [0.2, 0.25) is 0 Å². The largest absolute Gasteiger partial charge is 0.368 e. The van der Waals surface area contributed by atoms with Gasteiger partial charge in [0.05, 0.1) is 23.5 Å². The molecule has 0 spiro atoms. The highest BCUT2D eigenvalue weighted by Crippen LogP contribution is 2.19. The Hall–Kier alpha value is -2.87. The molecule has 0 aliphatic rings. The van der Waals surface area contributed by atoms with Gasteiger partial charge in [0.25, 0.3) is 0 Å². The number of nitriles is 1. The molecule has 0 aliphatic carbocycles. The number of para-hydroxylation sites is 1. The van der Waals surface area contributed by atoms with Crippen LogP contribution < -0.4 is 5.32 Å². The molecule has 0 radical (unpaired) electrons. The lowest BCUT2D eigenvalue weighted by atomic mass is 10.1. The number of pyridine rings is 1. The van der Waals surface area contributed by atoms with Crippen molar-refractivity contribution in [2.75, 3.05) is 11.9 Å². The summed E-state index contributed by atoms with van der Waals surface area (Å²) in [7, 11) is 0. The number of fused-ring (bicyclic) bond motifs is 1. The summed E-state index contributed by atoms with van der Waals surface area (Å²) in [6.45, 7) is 1.53. The van der Waals surface area contributed by atoms with Gasteiger partial charge in [-0.15, -0.1) is 0 Å². The summed E-state index contributed by atoms with van der Waals surface area (Å²) in [4.78, 5) is 8.51. The van der Waals surface area contributed by atoms with Gasteiger partial charge >= 0.3 is 0 Å². The zero-order valence-electron chi connectivity index (χ0n) is 10.8. The third kappa shape index (κ3) is 2.45. The molecule has 0 bridgehead atoms. The molecule has 3 rings (SSSR count).